The average molecular weight is 569 g/mol. The van der Waals surface area contributed by atoms with Gasteiger partial charge in [0.1, 0.15) is 10.6 Å². The van der Waals surface area contributed by atoms with Crippen LogP contribution in [0.1, 0.15) is 20.9 Å². The van der Waals surface area contributed by atoms with E-state index in [0.29, 0.717) is 50.0 Å². The largest absolute Gasteiger partial charge is 0.378 e. The number of anilines is 2. The van der Waals surface area contributed by atoms with Crippen LogP contribution in [0.25, 0.3) is 25.6 Å². The Hall–Kier alpha value is -3.43. The summed E-state index contributed by atoms with van der Waals surface area (Å²) >= 11 is 4.56. The molecule has 0 aliphatic carbocycles. The van der Waals surface area contributed by atoms with Crippen LogP contribution in [0.15, 0.2) is 34.8 Å². The second-order valence-electron chi connectivity index (χ2n) is 8.62. The summed E-state index contributed by atoms with van der Waals surface area (Å²) in [6.45, 7) is 3.78. The molecular weight excluding hydrogens is 545 g/mol. The molecule has 1 fully saturated rings. The summed E-state index contributed by atoms with van der Waals surface area (Å²) in [5.74, 6) is -0.0556. The van der Waals surface area contributed by atoms with Gasteiger partial charge in [-0.05, 0) is 0 Å². The smallest absolute Gasteiger partial charge is 0.254 e. The summed E-state index contributed by atoms with van der Waals surface area (Å²) < 4.78 is 8.84. The van der Waals surface area contributed by atoms with Crippen molar-refractivity contribution in [2.24, 2.45) is 11.5 Å². The fraction of sp³-hybridized carbons (Fsp3) is 0.292. The monoisotopic (exact) mass is 568 g/mol. The van der Waals surface area contributed by atoms with E-state index in [4.69, 9.17) is 21.2 Å². The number of nitrogens with two attached hydrogens (primary N) is 2. The molecule has 1 aliphatic rings. The highest BCUT2D eigenvalue weighted by Gasteiger charge is 2.22. The predicted octanol–water partition coefficient (Wildman–Crippen LogP) is 2.39. The number of hydrogen-bond acceptors (Lipinski definition) is 12. The van der Waals surface area contributed by atoms with Gasteiger partial charge in [0.15, 0.2) is 11.1 Å². The lowest BCUT2D eigenvalue weighted by atomic mass is 10.1. The zero-order chi connectivity index (χ0) is 26.2. The number of carbonyl (C=O) groups is 1. The van der Waals surface area contributed by atoms with Crippen LogP contribution in [0.4, 0.5) is 10.9 Å². The number of thiazole rings is 1. The lowest BCUT2D eigenvalue weighted by molar-refractivity contribution is 0.1000. The summed E-state index contributed by atoms with van der Waals surface area (Å²) in [7, 11) is 0. The number of imidazole rings is 1. The van der Waals surface area contributed by atoms with Crippen molar-refractivity contribution < 1.29 is 9.53 Å². The fourth-order valence-corrected chi connectivity index (χ4v) is 7.84. The summed E-state index contributed by atoms with van der Waals surface area (Å²) in [6, 6.07) is 1.73. The molecular formula is C24H24N8O3S3. The molecule has 0 bridgehead atoms. The van der Waals surface area contributed by atoms with Gasteiger partial charge in [0.25, 0.3) is 5.91 Å². The third-order valence-electron chi connectivity index (χ3n) is 6.17. The normalized spacial score (nSPS) is 14.0. The highest BCUT2D eigenvalue weighted by atomic mass is 32.1. The Labute approximate surface area is 228 Å². The first-order valence-corrected chi connectivity index (χ1v) is 14.5. The van der Waals surface area contributed by atoms with Gasteiger partial charge in [0.2, 0.25) is 5.95 Å². The minimum Gasteiger partial charge on any atom is -0.378 e. The number of ether oxygens (including phenoxy) is 1. The van der Waals surface area contributed by atoms with E-state index in [2.05, 4.69) is 20.2 Å². The second-order valence-corrected chi connectivity index (χ2v) is 11.6. The van der Waals surface area contributed by atoms with Crippen LogP contribution in [0.3, 0.4) is 0 Å². The number of primary amides is 1. The number of morpholine rings is 1. The molecule has 6 rings (SSSR count). The minimum absolute atomic E-state index is 0.0223. The molecule has 5 N–H and O–H groups in total. The maximum absolute atomic E-state index is 12.9. The van der Waals surface area contributed by atoms with E-state index in [1.165, 1.54) is 22.7 Å². The molecule has 11 nitrogen and oxygen atoms in total. The van der Waals surface area contributed by atoms with Crippen molar-refractivity contribution in [2.45, 2.75) is 6.42 Å². The molecule has 0 radical (unpaired) electrons. The quantitative estimate of drug-likeness (QED) is 0.256. The number of rotatable bonds is 8. The van der Waals surface area contributed by atoms with Crippen molar-refractivity contribution in [2.75, 3.05) is 49.6 Å². The molecule has 1 amide bonds. The number of carbonyl (C=O) groups excluding carboxylic acids is 1. The van der Waals surface area contributed by atoms with E-state index in [9.17, 15) is 9.59 Å². The van der Waals surface area contributed by atoms with Crippen molar-refractivity contribution in [3.63, 3.8) is 0 Å². The molecule has 0 spiro atoms. The molecule has 0 aromatic carbocycles. The summed E-state index contributed by atoms with van der Waals surface area (Å²) in [6.07, 6.45) is 5.46. The van der Waals surface area contributed by atoms with Crippen LogP contribution in [0.2, 0.25) is 0 Å². The van der Waals surface area contributed by atoms with Crippen molar-refractivity contribution in [1.29, 1.82) is 0 Å². The van der Waals surface area contributed by atoms with Gasteiger partial charge in [-0.3, -0.25) is 14.0 Å². The van der Waals surface area contributed by atoms with E-state index in [-0.39, 0.29) is 11.0 Å². The Balaban J connectivity index is 1.36. The first-order valence-electron chi connectivity index (χ1n) is 12.0. The van der Waals surface area contributed by atoms with Crippen molar-refractivity contribution in [1.82, 2.24) is 19.4 Å². The zero-order valence-corrected chi connectivity index (χ0v) is 22.6. The molecule has 38 heavy (non-hydrogen) atoms. The van der Waals surface area contributed by atoms with Crippen LogP contribution < -0.4 is 27.1 Å². The van der Waals surface area contributed by atoms with E-state index < -0.39 is 5.91 Å². The van der Waals surface area contributed by atoms with Crippen LogP contribution >= 0.6 is 34.0 Å². The van der Waals surface area contributed by atoms with E-state index in [0.717, 1.165) is 42.9 Å². The maximum atomic E-state index is 12.9. The molecule has 5 aromatic heterocycles. The van der Waals surface area contributed by atoms with Crippen LogP contribution in [0.5, 0.6) is 0 Å². The Bertz CT molecular complexity index is 1700. The molecule has 1 saturated heterocycles. The van der Waals surface area contributed by atoms with E-state index >= 15 is 0 Å². The van der Waals surface area contributed by atoms with E-state index in [1.807, 2.05) is 5.38 Å². The Morgan fingerprint density at radius 3 is 2.82 bits per heavy atom. The van der Waals surface area contributed by atoms with Crippen LogP contribution in [0, 0.1) is 0 Å². The van der Waals surface area contributed by atoms with Crippen molar-refractivity contribution >= 4 is 65.9 Å². The molecule has 0 saturated carbocycles. The standard InChI is InChI=1S/C24H24N8O3S3/c25-1-2-28-24-30-15(18(21(26)34)22-27-3-4-32(22)24)9-13-11-29-23(37-13)14-12-36-20-16(33)10-17(38-19(14)20)31-5-7-35-8-6-31/h3-4,10-12H,1-2,5-9,25H2,(H2,26,34)(H,28,30). The summed E-state index contributed by atoms with van der Waals surface area (Å²) in [5, 5.41) is 6.94. The minimum atomic E-state index is -0.594. The molecule has 5 aromatic rings. The van der Waals surface area contributed by atoms with Crippen molar-refractivity contribution in [3.05, 3.63) is 56.4 Å². The third-order valence-corrected chi connectivity index (χ3v) is 9.54. The summed E-state index contributed by atoms with van der Waals surface area (Å²) in [4.78, 5) is 42.1. The fourth-order valence-electron chi connectivity index (χ4n) is 4.41. The molecule has 14 heteroatoms. The Morgan fingerprint density at radius 2 is 2.03 bits per heavy atom. The molecule has 196 valence electrons. The first kappa shape index (κ1) is 24.9. The average Bonchev–Trinajstić information content (AvgIpc) is 3.67. The Kier molecular flexibility index (Phi) is 6.80. The van der Waals surface area contributed by atoms with Crippen LogP contribution in [-0.2, 0) is 11.2 Å². The van der Waals surface area contributed by atoms with Gasteiger partial charge in [-0.25, -0.2) is 15.0 Å². The van der Waals surface area contributed by atoms with Gasteiger partial charge >= 0.3 is 0 Å². The van der Waals surface area contributed by atoms with Crippen molar-refractivity contribution in [3.8, 4) is 10.6 Å². The molecule has 1 aliphatic heterocycles. The van der Waals surface area contributed by atoms with Gasteiger partial charge in [-0.1, -0.05) is 0 Å². The second kappa shape index (κ2) is 10.4. The number of aromatic nitrogens is 4. The van der Waals surface area contributed by atoms with Gasteiger partial charge in [0.05, 0.1) is 33.3 Å². The third kappa shape index (κ3) is 4.54. The predicted molar refractivity (Wildman–Crippen MR) is 152 cm³/mol. The van der Waals surface area contributed by atoms with Gasteiger partial charge in [-0.2, -0.15) is 0 Å². The number of hydrogen-bond donors (Lipinski definition) is 3. The SMILES string of the molecule is NCCNc1nc(Cc2cnc(-c3csc4c(=O)cc(N5CCOCC5)sc34)s2)c(C(N)=O)c2nccn12. The van der Waals surface area contributed by atoms with E-state index in [1.54, 1.807) is 40.4 Å². The number of nitrogens with one attached hydrogen (secondary N) is 1. The van der Waals surface area contributed by atoms with Gasteiger partial charge < -0.3 is 26.4 Å². The molecule has 0 unspecified atom stereocenters. The number of thiophene rings is 1. The number of nitrogens with zero attached hydrogens (tertiary/aromatic N) is 5. The van der Waals surface area contributed by atoms with Crippen LogP contribution in [-0.4, -0.2) is 64.7 Å². The number of fused-ring (bicyclic) bond motifs is 2. The Morgan fingerprint density at radius 1 is 1.18 bits per heavy atom. The number of amides is 1. The van der Waals surface area contributed by atoms with Gasteiger partial charge in [0, 0.05) is 73.1 Å². The topological polar surface area (TPSA) is 154 Å². The lowest BCUT2D eigenvalue weighted by Crippen LogP contribution is -2.36. The van der Waals surface area contributed by atoms with Gasteiger partial charge in [-0.15, -0.1) is 34.0 Å². The maximum Gasteiger partial charge on any atom is 0.254 e. The lowest BCUT2D eigenvalue weighted by Gasteiger charge is -2.28. The molecule has 0 atom stereocenters. The molecule has 6 heterocycles. The first-order chi connectivity index (χ1) is 18.5. The zero-order valence-electron chi connectivity index (χ0n) is 20.2. The highest BCUT2D eigenvalue weighted by Crippen LogP contribution is 2.40. The highest BCUT2D eigenvalue weighted by molar-refractivity contribution is 7.29. The summed E-state index contributed by atoms with van der Waals surface area (Å²) in [5.41, 5.74) is 13.6.